The molecule has 0 aromatic heterocycles. The van der Waals surface area contributed by atoms with E-state index in [1.165, 1.54) is 6.26 Å². The number of allylic oxidation sites excluding steroid dienone is 2. The maximum Gasteiger partial charge on any atom is 0.145 e. The van der Waals surface area contributed by atoms with Crippen LogP contribution in [0.4, 0.5) is 0 Å². The topological polar surface area (TPSA) is 33.0 Å². The average Bonchev–Trinajstić information content (AvgIpc) is 2.53. The summed E-state index contributed by atoms with van der Waals surface area (Å²) in [5.41, 5.74) is 0.498. The Hall–Kier alpha value is -1.49. The maximum absolute atomic E-state index is 8.66. The average molecular weight is 415 g/mol. The quantitative estimate of drug-likeness (QED) is 0.260. The van der Waals surface area contributed by atoms with Gasteiger partial charge in [-0.1, -0.05) is 64.4 Å². The number of benzene rings is 1. The molecule has 2 nitrogen and oxygen atoms in total. The normalized spacial score (nSPS) is 7.71. The molecule has 0 N–H and O–H groups in total. The minimum atomic E-state index is 0.498. The first-order valence-electron chi connectivity index (χ1n) is 6.17. The summed E-state index contributed by atoms with van der Waals surface area (Å²) in [6, 6.07) is 7.21. The second kappa shape index (κ2) is 20.8. The lowest BCUT2D eigenvalue weighted by atomic mass is 10.2. The smallest absolute Gasteiger partial charge is 0.145 e. The second-order valence-electron chi connectivity index (χ2n) is 2.76. The summed E-state index contributed by atoms with van der Waals surface area (Å²) in [5.74, 6) is 0.516. The highest BCUT2D eigenvalue weighted by atomic mass is 79.9. The molecule has 0 aliphatic carbocycles. The molecule has 0 aliphatic heterocycles. The van der Waals surface area contributed by atoms with E-state index in [0.717, 1.165) is 9.80 Å². The van der Waals surface area contributed by atoms with Crippen molar-refractivity contribution in [2.45, 2.75) is 20.8 Å². The maximum atomic E-state index is 8.66. The van der Waals surface area contributed by atoms with Crippen LogP contribution < -0.4 is 4.74 Å². The third kappa shape index (κ3) is 14.7. The lowest BCUT2D eigenvalue weighted by molar-refractivity contribution is 0.481. The van der Waals surface area contributed by atoms with Crippen molar-refractivity contribution in [1.82, 2.24) is 0 Å². The molecular weight excluding hydrogens is 394 g/mol. The molecule has 0 saturated heterocycles. The molecular formula is C17H21Br2NO. The van der Waals surface area contributed by atoms with E-state index in [4.69, 9.17) is 10.00 Å². The Morgan fingerprint density at radius 1 is 1.38 bits per heavy atom. The van der Waals surface area contributed by atoms with Crippen molar-refractivity contribution in [1.29, 1.82) is 5.26 Å². The van der Waals surface area contributed by atoms with Gasteiger partial charge in [0.15, 0.2) is 0 Å². The number of nitriles is 1. The number of halogens is 2. The highest BCUT2D eigenvalue weighted by Gasteiger charge is 2.01. The summed E-state index contributed by atoms with van der Waals surface area (Å²) >= 11 is 6.49. The summed E-state index contributed by atoms with van der Waals surface area (Å²) in [6.45, 7) is 9.42. The van der Waals surface area contributed by atoms with E-state index >= 15 is 0 Å². The molecule has 0 fully saturated rings. The van der Waals surface area contributed by atoms with Gasteiger partial charge < -0.3 is 4.74 Å². The molecule has 0 spiro atoms. The highest BCUT2D eigenvalue weighted by Crippen LogP contribution is 2.22. The van der Waals surface area contributed by atoms with E-state index in [9.17, 15) is 0 Å². The number of ether oxygens (including phenoxy) is 1. The van der Waals surface area contributed by atoms with Gasteiger partial charge in [-0.25, -0.2) is 0 Å². The second-order valence-corrected chi connectivity index (χ2v) is 4.32. The van der Waals surface area contributed by atoms with Crippen LogP contribution in [0.2, 0.25) is 0 Å². The number of terminal acetylenes is 1. The van der Waals surface area contributed by atoms with Gasteiger partial charge in [0.2, 0.25) is 0 Å². The van der Waals surface area contributed by atoms with E-state index < -0.39 is 0 Å². The summed E-state index contributed by atoms with van der Waals surface area (Å²) in [7, 11) is 0. The Bertz CT molecular complexity index is 460. The zero-order chi connectivity index (χ0) is 17.1. The predicted molar refractivity (Wildman–Crippen MR) is 99.5 cm³/mol. The number of hydrogen-bond donors (Lipinski definition) is 0. The molecule has 0 bridgehead atoms. The number of alkyl halides is 1. The fourth-order valence-electron chi connectivity index (χ4n) is 0.865. The van der Waals surface area contributed by atoms with Gasteiger partial charge in [0.05, 0.1) is 11.8 Å². The van der Waals surface area contributed by atoms with E-state index in [1.807, 2.05) is 39.0 Å². The minimum Gasteiger partial charge on any atom is -0.464 e. The highest BCUT2D eigenvalue weighted by molar-refractivity contribution is 9.10. The van der Waals surface area contributed by atoms with Crippen molar-refractivity contribution >= 4 is 31.9 Å². The van der Waals surface area contributed by atoms with E-state index in [-0.39, 0.29) is 0 Å². The van der Waals surface area contributed by atoms with Gasteiger partial charge in [0.25, 0.3) is 0 Å². The lowest BCUT2D eigenvalue weighted by Gasteiger charge is -2.01. The largest absolute Gasteiger partial charge is 0.464 e. The number of rotatable bonds is 3. The zero-order valence-corrected chi connectivity index (χ0v) is 15.8. The molecule has 4 heteroatoms. The van der Waals surface area contributed by atoms with Crippen LogP contribution in [0.5, 0.6) is 5.75 Å². The summed E-state index contributed by atoms with van der Waals surface area (Å²) in [6.07, 6.45) is 13.3. The third-order valence-electron chi connectivity index (χ3n) is 1.60. The van der Waals surface area contributed by atoms with Crippen molar-refractivity contribution in [2.24, 2.45) is 0 Å². The van der Waals surface area contributed by atoms with Gasteiger partial charge in [0, 0.05) is 9.80 Å². The molecule has 0 heterocycles. The van der Waals surface area contributed by atoms with Crippen molar-refractivity contribution in [3.63, 3.8) is 0 Å². The minimum absolute atomic E-state index is 0.498. The first-order chi connectivity index (χ1) is 10.2. The summed E-state index contributed by atoms with van der Waals surface area (Å²) in [4.78, 5) is 0. The molecule has 0 amide bonds. The van der Waals surface area contributed by atoms with Crippen LogP contribution >= 0.6 is 31.9 Å². The Balaban J connectivity index is -0.000000304. The first-order valence-corrected chi connectivity index (χ1v) is 8.08. The van der Waals surface area contributed by atoms with Crippen molar-refractivity contribution < 1.29 is 4.74 Å². The van der Waals surface area contributed by atoms with Gasteiger partial charge >= 0.3 is 0 Å². The molecule has 0 unspecified atom stereocenters. The monoisotopic (exact) mass is 413 g/mol. The van der Waals surface area contributed by atoms with E-state index in [2.05, 4.69) is 51.3 Å². The third-order valence-corrected chi connectivity index (χ3v) is 2.47. The molecule has 0 radical (unpaired) electrons. The number of nitrogens with zero attached hydrogens (tertiary/aromatic N) is 1. The molecule has 114 valence electrons. The Morgan fingerprint density at radius 3 is 2.29 bits per heavy atom. The molecule has 21 heavy (non-hydrogen) atoms. The zero-order valence-electron chi connectivity index (χ0n) is 12.6. The summed E-state index contributed by atoms with van der Waals surface area (Å²) < 4.78 is 5.89. The predicted octanol–water partition coefficient (Wildman–Crippen LogP) is 6.08. The molecule has 1 aromatic rings. The van der Waals surface area contributed by atoms with Crippen LogP contribution in [0, 0.1) is 24.2 Å². The standard InChI is InChI=1S/C9H6BrNO.C4H7Br.C2H6.C2H2/c1-2-12-9-5-8(10)4-3-7(9)6-11;1-2-3-4-5;2*1-2/h2-5H,1H2;2-3H,4H2,1H3;1-2H3;1-2H/b;3-2-;;. The van der Waals surface area contributed by atoms with Crippen LogP contribution in [-0.4, -0.2) is 5.33 Å². The van der Waals surface area contributed by atoms with Gasteiger partial charge in [-0.2, -0.15) is 5.26 Å². The van der Waals surface area contributed by atoms with Crippen LogP contribution in [0.3, 0.4) is 0 Å². The van der Waals surface area contributed by atoms with Crippen molar-refractivity contribution in [3.05, 3.63) is 53.2 Å². The van der Waals surface area contributed by atoms with Gasteiger partial charge in [0.1, 0.15) is 11.8 Å². The molecule has 1 aromatic carbocycles. The van der Waals surface area contributed by atoms with Gasteiger partial charge in [-0.15, -0.1) is 12.8 Å². The van der Waals surface area contributed by atoms with Crippen LogP contribution in [0.25, 0.3) is 0 Å². The van der Waals surface area contributed by atoms with Crippen LogP contribution in [-0.2, 0) is 0 Å². The first kappa shape index (κ1) is 24.5. The number of hydrogen-bond acceptors (Lipinski definition) is 2. The Labute approximate surface area is 145 Å². The molecule has 0 saturated carbocycles. The SMILES string of the molecule is C#C.C/C=C\CBr.C=COc1cc(Br)ccc1C#N.CC. The van der Waals surface area contributed by atoms with Crippen LogP contribution in [0.15, 0.2) is 47.7 Å². The van der Waals surface area contributed by atoms with Crippen LogP contribution in [0.1, 0.15) is 26.3 Å². The fourth-order valence-corrected chi connectivity index (χ4v) is 1.58. The van der Waals surface area contributed by atoms with Gasteiger partial charge in [-0.05, 0) is 25.1 Å². The fraction of sp³-hybridized carbons (Fsp3) is 0.235. The van der Waals surface area contributed by atoms with E-state index in [0.29, 0.717) is 11.3 Å². The lowest BCUT2D eigenvalue weighted by Crippen LogP contribution is -1.85. The van der Waals surface area contributed by atoms with Crippen molar-refractivity contribution in [3.8, 4) is 24.7 Å². The molecule has 0 aliphatic rings. The molecule has 0 atom stereocenters. The Kier molecular flexibility index (Phi) is 24.3. The Morgan fingerprint density at radius 2 is 1.95 bits per heavy atom. The van der Waals surface area contributed by atoms with Gasteiger partial charge in [-0.3, -0.25) is 0 Å². The van der Waals surface area contributed by atoms with E-state index in [1.54, 1.807) is 18.2 Å². The van der Waals surface area contributed by atoms with Crippen molar-refractivity contribution in [2.75, 3.05) is 5.33 Å². The summed E-state index contributed by atoms with van der Waals surface area (Å²) in [5, 5.41) is 9.63. The molecule has 1 rings (SSSR count).